The first kappa shape index (κ1) is 15.1. The average Bonchev–Trinajstić information content (AvgIpc) is 2.45. The number of benzene rings is 1. The van der Waals surface area contributed by atoms with Crippen molar-refractivity contribution >= 4 is 21.6 Å². The summed E-state index contributed by atoms with van der Waals surface area (Å²) in [5, 5.41) is 9.20. The van der Waals surface area contributed by atoms with Gasteiger partial charge in [-0.15, -0.1) is 0 Å². The summed E-state index contributed by atoms with van der Waals surface area (Å²) >= 11 is 3.16. The van der Waals surface area contributed by atoms with Crippen molar-refractivity contribution < 1.29 is 17.9 Å². The fourth-order valence-corrected chi connectivity index (χ4v) is 2.46. The SMILES string of the molecule is N#CC1CN(c2ccc(CBr)cc2C(F)(F)F)CCO1. The molecule has 3 nitrogen and oxygen atoms in total. The Morgan fingerprint density at radius 1 is 1.45 bits per heavy atom. The maximum Gasteiger partial charge on any atom is 0.418 e. The number of rotatable bonds is 2. The summed E-state index contributed by atoms with van der Waals surface area (Å²) in [6.45, 7) is 0.734. The predicted molar refractivity (Wildman–Crippen MR) is 71.6 cm³/mol. The highest BCUT2D eigenvalue weighted by Crippen LogP contribution is 2.38. The second-order valence-corrected chi connectivity index (χ2v) is 4.98. The minimum absolute atomic E-state index is 0.103. The number of nitrogens with zero attached hydrogens (tertiary/aromatic N) is 2. The van der Waals surface area contributed by atoms with Crippen LogP contribution in [0.2, 0.25) is 0 Å². The van der Waals surface area contributed by atoms with Crippen LogP contribution in [0.3, 0.4) is 0 Å². The predicted octanol–water partition coefficient (Wildman–Crippen LogP) is 3.33. The van der Waals surface area contributed by atoms with Crippen LogP contribution in [0.15, 0.2) is 18.2 Å². The van der Waals surface area contributed by atoms with E-state index in [0.29, 0.717) is 17.4 Å². The van der Waals surface area contributed by atoms with E-state index in [1.165, 1.54) is 6.07 Å². The highest BCUT2D eigenvalue weighted by atomic mass is 79.9. The van der Waals surface area contributed by atoms with Gasteiger partial charge >= 0.3 is 6.18 Å². The molecule has 0 amide bonds. The Labute approximate surface area is 123 Å². The maximum atomic E-state index is 13.2. The number of alkyl halides is 4. The number of halogens is 4. The Morgan fingerprint density at radius 2 is 2.20 bits per heavy atom. The zero-order chi connectivity index (χ0) is 14.8. The molecule has 1 atom stereocenters. The molecule has 108 valence electrons. The minimum atomic E-state index is -4.42. The standard InChI is InChI=1S/C13H12BrF3N2O/c14-6-9-1-2-12(11(5-9)13(15,16)17)19-3-4-20-10(7-18)8-19/h1-2,5,10H,3-4,6,8H2. The Kier molecular flexibility index (Phi) is 4.55. The molecule has 0 radical (unpaired) electrons. The van der Waals surface area contributed by atoms with Gasteiger partial charge < -0.3 is 9.64 Å². The molecule has 1 aromatic rings. The quantitative estimate of drug-likeness (QED) is 0.769. The van der Waals surface area contributed by atoms with Gasteiger partial charge in [0.05, 0.1) is 24.8 Å². The number of hydrogen-bond donors (Lipinski definition) is 0. The molecular formula is C13H12BrF3N2O. The van der Waals surface area contributed by atoms with Gasteiger partial charge in [0.15, 0.2) is 6.10 Å². The topological polar surface area (TPSA) is 36.3 Å². The van der Waals surface area contributed by atoms with Crippen LogP contribution >= 0.6 is 15.9 Å². The lowest BCUT2D eigenvalue weighted by Gasteiger charge is -2.33. The van der Waals surface area contributed by atoms with Gasteiger partial charge in [-0.2, -0.15) is 18.4 Å². The van der Waals surface area contributed by atoms with Gasteiger partial charge in [0.25, 0.3) is 0 Å². The van der Waals surface area contributed by atoms with E-state index >= 15 is 0 Å². The fourth-order valence-electron chi connectivity index (χ4n) is 2.12. The molecule has 1 aliphatic rings. The number of anilines is 1. The summed E-state index contributed by atoms with van der Waals surface area (Å²) in [7, 11) is 0. The van der Waals surface area contributed by atoms with Gasteiger partial charge in [0.1, 0.15) is 0 Å². The van der Waals surface area contributed by atoms with Crippen molar-refractivity contribution in [1.29, 1.82) is 5.26 Å². The van der Waals surface area contributed by atoms with Gasteiger partial charge in [-0.05, 0) is 17.7 Å². The molecule has 0 saturated carbocycles. The van der Waals surface area contributed by atoms with Crippen molar-refractivity contribution in [3.63, 3.8) is 0 Å². The van der Waals surface area contributed by atoms with Crippen molar-refractivity contribution in [1.82, 2.24) is 0 Å². The summed E-state index contributed by atoms with van der Waals surface area (Å²) in [5.74, 6) is 0. The fraction of sp³-hybridized carbons (Fsp3) is 0.462. The van der Waals surface area contributed by atoms with Crippen molar-refractivity contribution in [2.75, 3.05) is 24.6 Å². The monoisotopic (exact) mass is 348 g/mol. The minimum Gasteiger partial charge on any atom is -0.365 e. The van der Waals surface area contributed by atoms with E-state index in [1.54, 1.807) is 11.0 Å². The Morgan fingerprint density at radius 3 is 2.80 bits per heavy atom. The zero-order valence-corrected chi connectivity index (χ0v) is 12.0. The van der Waals surface area contributed by atoms with Crippen LogP contribution in [0.4, 0.5) is 18.9 Å². The summed E-state index contributed by atoms with van der Waals surface area (Å²) in [6.07, 6.45) is -5.12. The smallest absolute Gasteiger partial charge is 0.365 e. The largest absolute Gasteiger partial charge is 0.418 e. The number of ether oxygens (including phenoxy) is 1. The lowest BCUT2D eigenvalue weighted by Crippen LogP contribution is -2.42. The Balaban J connectivity index is 2.38. The lowest BCUT2D eigenvalue weighted by molar-refractivity contribution is -0.137. The van der Waals surface area contributed by atoms with Crippen molar-refractivity contribution in [3.8, 4) is 6.07 Å². The third-order valence-corrected chi connectivity index (χ3v) is 3.72. The molecule has 20 heavy (non-hydrogen) atoms. The number of hydrogen-bond acceptors (Lipinski definition) is 3. The summed E-state index contributed by atoms with van der Waals surface area (Å²) in [5.41, 5.74) is -0.00930. The third kappa shape index (κ3) is 3.25. The molecular weight excluding hydrogens is 337 g/mol. The molecule has 0 bridgehead atoms. The van der Waals surface area contributed by atoms with E-state index in [-0.39, 0.29) is 18.8 Å². The van der Waals surface area contributed by atoms with Crippen molar-refractivity contribution in [2.24, 2.45) is 0 Å². The Bertz CT molecular complexity index is 527. The van der Waals surface area contributed by atoms with Gasteiger partial charge in [0.2, 0.25) is 0 Å². The molecule has 1 unspecified atom stereocenters. The number of morpholine rings is 1. The van der Waals surface area contributed by atoms with E-state index < -0.39 is 17.8 Å². The molecule has 2 rings (SSSR count). The molecule has 0 spiro atoms. The molecule has 0 aromatic heterocycles. The van der Waals surface area contributed by atoms with E-state index in [1.807, 2.05) is 6.07 Å². The molecule has 1 fully saturated rings. The molecule has 1 saturated heterocycles. The summed E-state index contributed by atoms with van der Waals surface area (Å²) in [6, 6.07) is 6.18. The van der Waals surface area contributed by atoms with Gasteiger partial charge in [0, 0.05) is 17.6 Å². The van der Waals surface area contributed by atoms with Crippen LogP contribution in [0.1, 0.15) is 11.1 Å². The molecule has 0 aliphatic carbocycles. The molecule has 0 N–H and O–H groups in total. The normalized spacial score (nSPS) is 19.8. The van der Waals surface area contributed by atoms with Gasteiger partial charge in [-0.25, -0.2) is 0 Å². The third-order valence-electron chi connectivity index (χ3n) is 3.07. The van der Waals surface area contributed by atoms with Gasteiger partial charge in [-0.1, -0.05) is 22.0 Å². The van der Waals surface area contributed by atoms with Crippen LogP contribution in [-0.4, -0.2) is 25.8 Å². The first-order chi connectivity index (χ1) is 9.45. The summed E-state index contributed by atoms with van der Waals surface area (Å²) < 4.78 is 44.6. The second-order valence-electron chi connectivity index (χ2n) is 4.42. The van der Waals surface area contributed by atoms with Crippen LogP contribution in [0.25, 0.3) is 0 Å². The molecule has 1 heterocycles. The molecule has 1 aromatic carbocycles. The average molecular weight is 349 g/mol. The summed E-state index contributed by atoms with van der Waals surface area (Å²) in [4.78, 5) is 1.55. The van der Waals surface area contributed by atoms with Crippen molar-refractivity contribution in [3.05, 3.63) is 29.3 Å². The first-order valence-corrected chi connectivity index (χ1v) is 7.10. The molecule has 7 heteroatoms. The second kappa shape index (κ2) is 6.02. The lowest BCUT2D eigenvalue weighted by atomic mass is 10.1. The Hall–Kier alpha value is -1.26. The van der Waals surface area contributed by atoms with E-state index in [9.17, 15) is 13.2 Å². The van der Waals surface area contributed by atoms with Crippen LogP contribution in [0.5, 0.6) is 0 Å². The highest BCUT2D eigenvalue weighted by Gasteiger charge is 2.36. The van der Waals surface area contributed by atoms with E-state index in [2.05, 4.69) is 15.9 Å². The van der Waals surface area contributed by atoms with Crippen LogP contribution in [-0.2, 0) is 16.2 Å². The van der Waals surface area contributed by atoms with E-state index in [0.717, 1.165) is 6.07 Å². The number of nitriles is 1. The maximum absolute atomic E-state index is 13.2. The molecule has 1 aliphatic heterocycles. The van der Waals surface area contributed by atoms with Gasteiger partial charge in [-0.3, -0.25) is 0 Å². The first-order valence-electron chi connectivity index (χ1n) is 5.98. The zero-order valence-electron chi connectivity index (χ0n) is 10.5. The van der Waals surface area contributed by atoms with E-state index in [4.69, 9.17) is 10.00 Å². The van der Waals surface area contributed by atoms with Crippen molar-refractivity contribution in [2.45, 2.75) is 17.6 Å². The highest BCUT2D eigenvalue weighted by molar-refractivity contribution is 9.08. The van der Waals surface area contributed by atoms with Crippen LogP contribution < -0.4 is 4.90 Å². The van der Waals surface area contributed by atoms with Crippen LogP contribution in [0, 0.1) is 11.3 Å².